The third-order valence-corrected chi connectivity index (χ3v) is 3.64. The average molecular weight is 266 g/mol. The van der Waals surface area contributed by atoms with Gasteiger partial charge >= 0.3 is 0 Å². The van der Waals surface area contributed by atoms with Crippen LogP contribution in [0.1, 0.15) is 10.4 Å². The highest BCUT2D eigenvalue weighted by molar-refractivity contribution is 7.09. The second-order valence-corrected chi connectivity index (χ2v) is 5.37. The molecule has 2 rings (SSSR count). The van der Waals surface area contributed by atoms with Crippen LogP contribution in [-0.2, 0) is 13.1 Å². The molecule has 2 aromatic rings. The van der Waals surface area contributed by atoms with Crippen LogP contribution >= 0.6 is 22.9 Å². The lowest BCUT2D eigenvalue weighted by Crippen LogP contribution is -2.24. The Balaban J connectivity index is 1.97. The SMILES string of the molecule is ClCCN(Cc1ccccc1)Cc1cccs1. The number of alkyl halides is 1. The van der Waals surface area contributed by atoms with Gasteiger partial charge in [-0.1, -0.05) is 36.4 Å². The van der Waals surface area contributed by atoms with E-state index in [9.17, 15) is 0 Å². The highest BCUT2D eigenvalue weighted by atomic mass is 35.5. The van der Waals surface area contributed by atoms with Crippen molar-refractivity contribution in [1.82, 2.24) is 4.90 Å². The van der Waals surface area contributed by atoms with Crippen molar-refractivity contribution in [1.29, 1.82) is 0 Å². The van der Waals surface area contributed by atoms with Crippen molar-refractivity contribution in [2.45, 2.75) is 13.1 Å². The molecule has 0 unspecified atom stereocenters. The van der Waals surface area contributed by atoms with Crippen LogP contribution in [0.2, 0.25) is 0 Å². The number of thiophene rings is 1. The van der Waals surface area contributed by atoms with Gasteiger partial charge in [-0.15, -0.1) is 22.9 Å². The van der Waals surface area contributed by atoms with E-state index in [4.69, 9.17) is 11.6 Å². The summed E-state index contributed by atoms with van der Waals surface area (Å²) in [7, 11) is 0. The molecule has 0 aliphatic heterocycles. The van der Waals surface area contributed by atoms with Gasteiger partial charge in [0.05, 0.1) is 0 Å². The molecule has 0 spiro atoms. The summed E-state index contributed by atoms with van der Waals surface area (Å²) in [5, 5.41) is 2.12. The molecule has 3 heteroatoms. The van der Waals surface area contributed by atoms with Gasteiger partial charge in [0.15, 0.2) is 0 Å². The summed E-state index contributed by atoms with van der Waals surface area (Å²) in [5.74, 6) is 0.679. The third kappa shape index (κ3) is 4.15. The topological polar surface area (TPSA) is 3.24 Å². The normalized spacial score (nSPS) is 10.9. The Morgan fingerprint density at radius 2 is 1.82 bits per heavy atom. The second kappa shape index (κ2) is 6.80. The standard InChI is InChI=1S/C14H16ClNS/c15-8-9-16(12-14-7-4-10-17-14)11-13-5-2-1-3-6-13/h1-7,10H,8-9,11-12H2. The number of rotatable bonds is 6. The van der Waals surface area contributed by atoms with E-state index in [0.29, 0.717) is 5.88 Å². The minimum Gasteiger partial charge on any atom is -0.293 e. The van der Waals surface area contributed by atoms with Gasteiger partial charge in [-0.25, -0.2) is 0 Å². The van der Waals surface area contributed by atoms with E-state index in [0.717, 1.165) is 19.6 Å². The van der Waals surface area contributed by atoms with E-state index in [1.54, 1.807) is 11.3 Å². The zero-order chi connectivity index (χ0) is 11.9. The van der Waals surface area contributed by atoms with Gasteiger partial charge in [-0.2, -0.15) is 0 Å². The van der Waals surface area contributed by atoms with Gasteiger partial charge in [0.25, 0.3) is 0 Å². The van der Waals surface area contributed by atoms with Crippen LogP contribution < -0.4 is 0 Å². The van der Waals surface area contributed by atoms with Gasteiger partial charge in [0.2, 0.25) is 0 Å². The Morgan fingerprint density at radius 1 is 1.00 bits per heavy atom. The molecule has 0 saturated heterocycles. The van der Waals surface area contributed by atoms with Crippen molar-refractivity contribution in [3.63, 3.8) is 0 Å². The number of benzene rings is 1. The zero-order valence-electron chi connectivity index (χ0n) is 9.68. The van der Waals surface area contributed by atoms with E-state index in [-0.39, 0.29) is 0 Å². The smallest absolute Gasteiger partial charge is 0.0351 e. The molecule has 0 fully saturated rings. The van der Waals surface area contributed by atoms with Crippen LogP contribution in [0.3, 0.4) is 0 Å². The molecule has 0 aliphatic rings. The number of hydrogen-bond donors (Lipinski definition) is 0. The largest absolute Gasteiger partial charge is 0.293 e. The van der Waals surface area contributed by atoms with Crippen LogP contribution in [0, 0.1) is 0 Å². The number of nitrogens with zero attached hydrogens (tertiary/aromatic N) is 1. The quantitative estimate of drug-likeness (QED) is 0.714. The van der Waals surface area contributed by atoms with Crippen molar-refractivity contribution in [3.8, 4) is 0 Å². The summed E-state index contributed by atoms with van der Waals surface area (Å²) in [4.78, 5) is 3.78. The molecule has 0 N–H and O–H groups in total. The maximum atomic E-state index is 5.86. The second-order valence-electron chi connectivity index (χ2n) is 3.96. The van der Waals surface area contributed by atoms with Crippen molar-refractivity contribution in [3.05, 3.63) is 58.3 Å². The van der Waals surface area contributed by atoms with E-state index >= 15 is 0 Å². The summed E-state index contributed by atoms with van der Waals surface area (Å²) >= 11 is 7.67. The molecule has 0 saturated carbocycles. The van der Waals surface area contributed by atoms with Crippen molar-refractivity contribution < 1.29 is 0 Å². The van der Waals surface area contributed by atoms with Crippen molar-refractivity contribution in [2.75, 3.05) is 12.4 Å². The number of hydrogen-bond acceptors (Lipinski definition) is 2. The predicted octanol–water partition coefficient (Wildman–Crippen LogP) is 3.99. The summed E-state index contributed by atoms with van der Waals surface area (Å²) < 4.78 is 0. The molecule has 17 heavy (non-hydrogen) atoms. The lowest BCUT2D eigenvalue weighted by atomic mass is 10.2. The summed E-state index contributed by atoms with van der Waals surface area (Å²) in [6.07, 6.45) is 0. The summed E-state index contributed by atoms with van der Waals surface area (Å²) in [6.45, 7) is 2.87. The van der Waals surface area contributed by atoms with Crippen LogP contribution in [0.15, 0.2) is 47.8 Å². The monoisotopic (exact) mass is 265 g/mol. The highest BCUT2D eigenvalue weighted by Crippen LogP contribution is 2.14. The first-order chi connectivity index (χ1) is 8.38. The van der Waals surface area contributed by atoms with Crippen LogP contribution in [-0.4, -0.2) is 17.3 Å². The Bertz CT molecular complexity index is 413. The first-order valence-electron chi connectivity index (χ1n) is 5.73. The molecule has 1 aromatic carbocycles. The Labute approximate surface area is 112 Å². The molecule has 0 bridgehead atoms. The van der Waals surface area contributed by atoms with Gasteiger partial charge in [-0.05, 0) is 17.0 Å². The molecule has 0 amide bonds. The summed E-state index contributed by atoms with van der Waals surface area (Å²) in [6, 6.07) is 14.8. The van der Waals surface area contributed by atoms with Crippen LogP contribution in [0.5, 0.6) is 0 Å². The lowest BCUT2D eigenvalue weighted by Gasteiger charge is -2.20. The first kappa shape index (κ1) is 12.6. The van der Waals surface area contributed by atoms with Gasteiger partial charge in [0.1, 0.15) is 0 Å². The fourth-order valence-corrected chi connectivity index (χ4v) is 2.78. The van der Waals surface area contributed by atoms with Crippen molar-refractivity contribution >= 4 is 22.9 Å². The lowest BCUT2D eigenvalue weighted by molar-refractivity contribution is 0.275. The Morgan fingerprint density at radius 3 is 2.47 bits per heavy atom. The molecular weight excluding hydrogens is 250 g/mol. The molecule has 0 atom stereocenters. The zero-order valence-corrected chi connectivity index (χ0v) is 11.3. The number of halogens is 1. The van der Waals surface area contributed by atoms with Crippen LogP contribution in [0.25, 0.3) is 0 Å². The van der Waals surface area contributed by atoms with Crippen molar-refractivity contribution in [2.24, 2.45) is 0 Å². The average Bonchev–Trinajstić information content (AvgIpc) is 2.83. The highest BCUT2D eigenvalue weighted by Gasteiger charge is 2.06. The fraction of sp³-hybridized carbons (Fsp3) is 0.286. The Kier molecular flexibility index (Phi) is 5.05. The van der Waals surface area contributed by atoms with Gasteiger partial charge < -0.3 is 0 Å². The van der Waals surface area contributed by atoms with E-state index < -0.39 is 0 Å². The predicted molar refractivity (Wildman–Crippen MR) is 75.6 cm³/mol. The molecule has 1 nitrogen and oxygen atoms in total. The third-order valence-electron chi connectivity index (χ3n) is 2.61. The molecule has 0 aliphatic carbocycles. The van der Waals surface area contributed by atoms with E-state index in [1.807, 2.05) is 0 Å². The minimum absolute atomic E-state index is 0.679. The van der Waals surface area contributed by atoms with Gasteiger partial charge in [-0.3, -0.25) is 4.90 Å². The minimum atomic E-state index is 0.679. The molecule has 1 aromatic heterocycles. The Hall–Kier alpha value is -0.830. The maximum absolute atomic E-state index is 5.86. The fourth-order valence-electron chi connectivity index (χ4n) is 1.80. The molecular formula is C14H16ClNS. The van der Waals surface area contributed by atoms with E-state index in [1.165, 1.54) is 10.4 Å². The molecule has 1 heterocycles. The molecule has 90 valence electrons. The first-order valence-corrected chi connectivity index (χ1v) is 7.14. The van der Waals surface area contributed by atoms with Crippen LogP contribution in [0.4, 0.5) is 0 Å². The van der Waals surface area contributed by atoms with E-state index in [2.05, 4.69) is 52.7 Å². The maximum Gasteiger partial charge on any atom is 0.0351 e. The van der Waals surface area contributed by atoms with Gasteiger partial charge in [0, 0.05) is 30.4 Å². The summed E-state index contributed by atoms with van der Waals surface area (Å²) in [5.41, 5.74) is 1.34. The molecule has 0 radical (unpaired) electrons.